The number of rotatable bonds is 4. The van der Waals surface area contributed by atoms with E-state index in [1.54, 1.807) is 24.5 Å². The van der Waals surface area contributed by atoms with Crippen LogP contribution in [0.2, 0.25) is 0 Å². The van der Waals surface area contributed by atoms with Crippen molar-refractivity contribution in [2.75, 3.05) is 26.2 Å². The van der Waals surface area contributed by atoms with Gasteiger partial charge in [0.15, 0.2) is 0 Å². The van der Waals surface area contributed by atoms with E-state index in [0.717, 1.165) is 5.56 Å². The zero-order valence-corrected chi connectivity index (χ0v) is 16.8. The molecule has 3 heterocycles. The van der Waals surface area contributed by atoms with E-state index in [0.29, 0.717) is 25.2 Å². The topological polar surface area (TPSA) is 73.7 Å². The van der Waals surface area contributed by atoms with Crippen LogP contribution in [0.3, 0.4) is 0 Å². The molecular formula is C22H24F3N3O3. The van der Waals surface area contributed by atoms with Gasteiger partial charge in [-0.15, -0.1) is 0 Å². The van der Waals surface area contributed by atoms with Gasteiger partial charge in [0, 0.05) is 50.1 Å². The second-order valence-electron chi connectivity index (χ2n) is 7.70. The number of fused-ring (bicyclic) bond motifs is 1. The number of alkyl halides is 3. The predicted octanol–water partition coefficient (Wildman–Crippen LogP) is 3.48. The molecule has 1 aromatic heterocycles. The number of carbonyl (C=O) groups excluding carboxylic acids is 1. The molecule has 2 aliphatic rings. The van der Waals surface area contributed by atoms with E-state index in [9.17, 15) is 18.0 Å². The normalized spacial score (nSPS) is 23.1. The second-order valence-corrected chi connectivity index (χ2v) is 7.70. The fourth-order valence-corrected chi connectivity index (χ4v) is 4.55. The predicted molar refractivity (Wildman–Crippen MR) is 107 cm³/mol. The van der Waals surface area contributed by atoms with Crippen LogP contribution in [0.5, 0.6) is 0 Å². The first kappa shape index (κ1) is 22.7. The fraction of sp³-hybridized carbons (Fsp3) is 0.409. The van der Waals surface area contributed by atoms with Gasteiger partial charge in [0.2, 0.25) is 0 Å². The molecule has 1 aromatic carbocycles. The lowest BCUT2D eigenvalue weighted by atomic mass is 9.89. The Morgan fingerprint density at radius 2 is 1.74 bits per heavy atom. The summed E-state index contributed by atoms with van der Waals surface area (Å²) in [5, 5.41) is 6.89. The van der Waals surface area contributed by atoms with Crippen molar-refractivity contribution in [1.29, 1.82) is 0 Å². The van der Waals surface area contributed by atoms with Gasteiger partial charge < -0.3 is 14.9 Å². The van der Waals surface area contributed by atoms with Crippen LogP contribution in [0.15, 0.2) is 54.9 Å². The van der Waals surface area contributed by atoms with Crippen LogP contribution in [-0.2, 0) is 4.79 Å². The summed E-state index contributed by atoms with van der Waals surface area (Å²) in [6, 6.07) is 13.1. The van der Waals surface area contributed by atoms with Crippen LogP contribution in [-0.4, -0.2) is 64.6 Å². The van der Waals surface area contributed by atoms with Crippen molar-refractivity contribution in [3.05, 3.63) is 66.0 Å². The molecule has 31 heavy (non-hydrogen) atoms. The molecule has 2 aliphatic heterocycles. The molecule has 2 fully saturated rings. The van der Waals surface area contributed by atoms with Crippen molar-refractivity contribution < 1.29 is 27.9 Å². The number of pyridine rings is 1. The molecular weight excluding hydrogens is 411 g/mol. The Kier molecular flexibility index (Phi) is 7.27. The van der Waals surface area contributed by atoms with Crippen molar-refractivity contribution in [1.82, 2.24) is 14.8 Å². The Morgan fingerprint density at radius 3 is 2.35 bits per heavy atom. The zero-order chi connectivity index (χ0) is 22.4. The Morgan fingerprint density at radius 1 is 1.10 bits per heavy atom. The number of hydrogen-bond acceptors (Lipinski definition) is 4. The highest BCUT2D eigenvalue weighted by Gasteiger charge is 2.49. The number of benzene rings is 1. The number of nitrogens with zero attached hydrogens (tertiary/aromatic N) is 3. The lowest BCUT2D eigenvalue weighted by Crippen LogP contribution is -2.36. The summed E-state index contributed by atoms with van der Waals surface area (Å²) in [7, 11) is 0. The number of halogens is 3. The van der Waals surface area contributed by atoms with Gasteiger partial charge in [-0.05, 0) is 23.6 Å². The minimum Gasteiger partial charge on any atom is -0.483 e. The molecule has 2 aromatic rings. The summed E-state index contributed by atoms with van der Waals surface area (Å²) >= 11 is 0. The standard InChI is InChI=1S/C21H22F3N3O.CH2O2/c22-21(23,24)8-11-26-12-17-13-27(20(28)16-6-9-25-10-7-16)19(18(17)14-26)15-4-2-1-3-5-15;2-1-3/h1-7,9-10,17-19H,8,11-14H2;1H,(H,2,3)/t17-,18-,19+;/m0./s1. The molecule has 1 amide bonds. The molecule has 9 heteroatoms. The highest BCUT2D eigenvalue weighted by Crippen LogP contribution is 2.45. The van der Waals surface area contributed by atoms with Crippen molar-refractivity contribution >= 4 is 12.4 Å². The average Bonchev–Trinajstić information content (AvgIpc) is 3.30. The maximum absolute atomic E-state index is 13.1. The van der Waals surface area contributed by atoms with E-state index in [4.69, 9.17) is 9.90 Å². The molecule has 0 bridgehead atoms. The summed E-state index contributed by atoms with van der Waals surface area (Å²) in [5.41, 5.74) is 1.62. The molecule has 0 saturated carbocycles. The van der Waals surface area contributed by atoms with E-state index in [1.165, 1.54) is 0 Å². The number of carboxylic acid groups (broad SMARTS) is 1. The third kappa shape index (κ3) is 5.61. The number of hydrogen-bond donors (Lipinski definition) is 1. The minimum absolute atomic E-state index is 0.0241. The molecule has 6 nitrogen and oxygen atoms in total. The molecule has 0 spiro atoms. The van der Waals surface area contributed by atoms with Gasteiger partial charge in [0.05, 0.1) is 12.5 Å². The molecule has 3 atom stereocenters. The minimum atomic E-state index is -4.14. The van der Waals surface area contributed by atoms with E-state index >= 15 is 0 Å². The van der Waals surface area contributed by atoms with Crippen LogP contribution in [0, 0.1) is 11.8 Å². The maximum Gasteiger partial charge on any atom is 0.390 e. The van der Waals surface area contributed by atoms with E-state index in [2.05, 4.69) is 4.98 Å². The SMILES string of the molecule is O=C(c1ccncc1)N1C[C@@H]2CN(CCC(F)(F)F)C[C@@H]2[C@H]1c1ccccc1.O=CO. The number of amides is 1. The van der Waals surface area contributed by atoms with Crippen LogP contribution in [0.25, 0.3) is 0 Å². The van der Waals surface area contributed by atoms with Gasteiger partial charge in [0.1, 0.15) is 0 Å². The summed E-state index contributed by atoms with van der Waals surface area (Å²) in [6.07, 6.45) is -1.73. The largest absolute Gasteiger partial charge is 0.483 e. The lowest BCUT2D eigenvalue weighted by Gasteiger charge is -2.30. The molecule has 0 unspecified atom stereocenters. The van der Waals surface area contributed by atoms with Gasteiger partial charge in [-0.2, -0.15) is 13.2 Å². The highest BCUT2D eigenvalue weighted by atomic mass is 19.4. The van der Waals surface area contributed by atoms with Gasteiger partial charge in [-0.25, -0.2) is 0 Å². The number of likely N-dealkylation sites (tertiary alicyclic amines) is 2. The molecule has 4 rings (SSSR count). The maximum atomic E-state index is 13.1. The van der Waals surface area contributed by atoms with Crippen molar-refractivity contribution in [2.24, 2.45) is 11.8 Å². The summed E-state index contributed by atoms with van der Waals surface area (Å²) in [4.78, 5) is 29.3. The highest BCUT2D eigenvalue weighted by molar-refractivity contribution is 5.94. The third-order valence-electron chi connectivity index (χ3n) is 5.78. The Balaban J connectivity index is 0.000000858. The quantitative estimate of drug-likeness (QED) is 0.745. The third-order valence-corrected chi connectivity index (χ3v) is 5.78. The van der Waals surface area contributed by atoms with Gasteiger partial charge >= 0.3 is 6.18 Å². The Hall–Kier alpha value is -2.94. The van der Waals surface area contributed by atoms with E-state index < -0.39 is 12.6 Å². The molecule has 0 radical (unpaired) electrons. The Labute approximate surface area is 178 Å². The van der Waals surface area contributed by atoms with Crippen LogP contribution in [0.1, 0.15) is 28.4 Å². The first-order valence-electron chi connectivity index (χ1n) is 9.97. The average molecular weight is 435 g/mol. The van der Waals surface area contributed by atoms with Crippen LogP contribution >= 0.6 is 0 Å². The Bertz CT molecular complexity index is 865. The van der Waals surface area contributed by atoms with Crippen LogP contribution < -0.4 is 0 Å². The molecule has 2 saturated heterocycles. The summed E-state index contributed by atoms with van der Waals surface area (Å²) in [5.74, 6) is 0.276. The first-order chi connectivity index (χ1) is 14.8. The van der Waals surface area contributed by atoms with Crippen molar-refractivity contribution in [2.45, 2.75) is 18.6 Å². The van der Waals surface area contributed by atoms with E-state index in [-0.39, 0.29) is 36.8 Å². The molecule has 166 valence electrons. The van der Waals surface area contributed by atoms with Gasteiger partial charge in [0.25, 0.3) is 12.4 Å². The fourth-order valence-electron chi connectivity index (χ4n) is 4.55. The molecule has 0 aliphatic carbocycles. The number of aromatic nitrogens is 1. The molecule has 1 N–H and O–H groups in total. The summed E-state index contributed by atoms with van der Waals surface area (Å²) in [6.45, 7) is 1.52. The lowest BCUT2D eigenvalue weighted by molar-refractivity contribution is -0.137. The number of carbonyl (C=O) groups is 2. The van der Waals surface area contributed by atoms with Crippen LogP contribution in [0.4, 0.5) is 13.2 Å². The van der Waals surface area contributed by atoms with Crippen molar-refractivity contribution in [3.8, 4) is 0 Å². The first-order valence-corrected chi connectivity index (χ1v) is 9.97. The summed E-state index contributed by atoms with van der Waals surface area (Å²) < 4.78 is 37.8. The second kappa shape index (κ2) is 9.91. The zero-order valence-electron chi connectivity index (χ0n) is 16.8. The van der Waals surface area contributed by atoms with Gasteiger partial charge in [-0.3, -0.25) is 14.6 Å². The monoisotopic (exact) mass is 435 g/mol. The van der Waals surface area contributed by atoms with E-state index in [1.807, 2.05) is 40.1 Å². The van der Waals surface area contributed by atoms with Gasteiger partial charge in [-0.1, -0.05) is 30.3 Å². The van der Waals surface area contributed by atoms with Crippen molar-refractivity contribution in [3.63, 3.8) is 0 Å². The smallest absolute Gasteiger partial charge is 0.390 e.